The van der Waals surface area contributed by atoms with Crippen molar-refractivity contribution in [2.45, 2.75) is 62.1 Å². The summed E-state index contributed by atoms with van der Waals surface area (Å²) < 4.78 is 10.3. The maximum Gasteiger partial charge on any atom is 0.411 e. The quantitative estimate of drug-likeness (QED) is 0.120. The Kier molecular flexibility index (Phi) is 11.6. The van der Waals surface area contributed by atoms with Crippen molar-refractivity contribution < 1.29 is 49.5 Å². The van der Waals surface area contributed by atoms with Crippen LogP contribution in [0.1, 0.15) is 25.3 Å². The molecule has 14 heteroatoms. The summed E-state index contributed by atoms with van der Waals surface area (Å²) in [5, 5.41) is 58.4. The van der Waals surface area contributed by atoms with E-state index in [2.05, 4.69) is 10.6 Å². The molecule has 14 nitrogen and oxygen atoms in total. The highest BCUT2D eigenvalue weighted by Crippen LogP contribution is 2.30. The minimum absolute atomic E-state index is 0.0206. The van der Waals surface area contributed by atoms with E-state index in [-0.39, 0.29) is 18.8 Å². The zero-order chi connectivity index (χ0) is 30.9. The number of esters is 1. The van der Waals surface area contributed by atoms with Gasteiger partial charge in [-0.05, 0) is 42.7 Å². The summed E-state index contributed by atoms with van der Waals surface area (Å²) in [5.74, 6) is -1.84. The van der Waals surface area contributed by atoms with Crippen molar-refractivity contribution in [3.8, 4) is 5.75 Å². The summed E-state index contributed by atoms with van der Waals surface area (Å²) >= 11 is 0. The zero-order valence-electron chi connectivity index (χ0n) is 23.1. The highest BCUT2D eigenvalue weighted by Gasteiger charge is 2.57. The predicted octanol–water partition coefficient (Wildman–Crippen LogP) is -0.135. The number of para-hydroxylation sites is 1. The van der Waals surface area contributed by atoms with Crippen molar-refractivity contribution in [2.75, 3.05) is 25.1 Å². The second-order valence-electron chi connectivity index (χ2n) is 10.1. The van der Waals surface area contributed by atoms with Gasteiger partial charge in [-0.15, -0.1) is 0 Å². The lowest BCUT2D eigenvalue weighted by Gasteiger charge is -2.49. The number of rotatable bonds is 12. The van der Waals surface area contributed by atoms with E-state index < -0.39 is 67.1 Å². The first-order valence-corrected chi connectivity index (χ1v) is 13.5. The Morgan fingerprint density at radius 1 is 1.10 bits per heavy atom. The fraction of sp³-hybridized carbons (Fsp3) is 0.464. The SMILES string of the molecule is CCCCOC(=O)C(NC(=O)[C@@H](N)Cc1ccc(O)cc1)[C@H]1[C@H](O)[C@](O)(COC(=O)Nc2ccccc2)[C@@H](O)CN1O. The molecule has 0 radical (unpaired) electrons. The van der Waals surface area contributed by atoms with Crippen molar-refractivity contribution in [2.24, 2.45) is 5.73 Å². The Bertz CT molecular complexity index is 1180. The van der Waals surface area contributed by atoms with Crippen LogP contribution in [0.2, 0.25) is 0 Å². The largest absolute Gasteiger partial charge is 0.508 e. The van der Waals surface area contributed by atoms with Crippen molar-refractivity contribution in [3.05, 3.63) is 60.2 Å². The average Bonchev–Trinajstić information content (AvgIpc) is 2.96. The molecule has 42 heavy (non-hydrogen) atoms. The normalized spacial score (nSPS) is 23.8. The molecule has 1 unspecified atom stereocenters. The number of nitrogens with two attached hydrogens (primary N) is 1. The smallest absolute Gasteiger partial charge is 0.411 e. The molecule has 230 valence electrons. The molecule has 1 saturated heterocycles. The summed E-state index contributed by atoms with van der Waals surface area (Å²) in [7, 11) is 0. The van der Waals surface area contributed by atoms with Crippen LogP contribution >= 0.6 is 0 Å². The van der Waals surface area contributed by atoms with Crippen LogP contribution < -0.4 is 16.4 Å². The molecule has 0 bridgehead atoms. The molecule has 0 aromatic heterocycles. The number of aromatic hydroxyl groups is 1. The van der Waals surface area contributed by atoms with Gasteiger partial charge >= 0.3 is 12.1 Å². The van der Waals surface area contributed by atoms with Crippen LogP contribution in [-0.2, 0) is 25.5 Å². The fourth-order valence-electron chi connectivity index (χ4n) is 4.43. The van der Waals surface area contributed by atoms with Gasteiger partial charge in [-0.2, -0.15) is 5.06 Å². The van der Waals surface area contributed by atoms with Crippen molar-refractivity contribution in [1.29, 1.82) is 0 Å². The molecule has 1 fully saturated rings. The Balaban J connectivity index is 1.78. The molecule has 2 amide bonds. The topological polar surface area (TPSA) is 224 Å². The van der Waals surface area contributed by atoms with Gasteiger partial charge in [0.05, 0.1) is 25.2 Å². The Morgan fingerprint density at radius 2 is 1.76 bits per heavy atom. The highest BCUT2D eigenvalue weighted by molar-refractivity contribution is 5.88. The summed E-state index contributed by atoms with van der Waals surface area (Å²) in [6.45, 7) is 0.233. The zero-order valence-corrected chi connectivity index (χ0v) is 23.1. The van der Waals surface area contributed by atoms with Crippen molar-refractivity contribution in [3.63, 3.8) is 0 Å². The van der Waals surface area contributed by atoms with E-state index in [1.54, 1.807) is 42.5 Å². The number of hydrogen-bond donors (Lipinski definition) is 8. The number of amides is 2. The lowest BCUT2D eigenvalue weighted by atomic mass is 9.79. The molecule has 2 aromatic rings. The third-order valence-electron chi connectivity index (χ3n) is 6.94. The van der Waals surface area contributed by atoms with Crippen LogP contribution in [0.15, 0.2) is 54.6 Å². The molecular weight excluding hydrogens is 552 g/mol. The molecule has 2 aromatic carbocycles. The summed E-state index contributed by atoms with van der Waals surface area (Å²) in [6, 6.07) is 9.53. The molecule has 9 N–H and O–H groups in total. The molecule has 0 aliphatic carbocycles. The number of benzene rings is 2. The van der Waals surface area contributed by atoms with Crippen LogP contribution in [0.3, 0.4) is 0 Å². The van der Waals surface area contributed by atoms with Gasteiger partial charge in [0, 0.05) is 5.69 Å². The number of phenolic OH excluding ortho intramolecular Hbond substituents is 1. The average molecular weight is 591 g/mol. The van der Waals surface area contributed by atoms with Crippen LogP contribution in [0.4, 0.5) is 10.5 Å². The Hall–Kier alpha value is -3.79. The third kappa shape index (κ3) is 8.38. The monoisotopic (exact) mass is 590 g/mol. The molecule has 1 heterocycles. The number of anilines is 1. The number of hydrogen-bond acceptors (Lipinski definition) is 12. The van der Waals surface area contributed by atoms with E-state index in [0.29, 0.717) is 29.2 Å². The number of carbonyl (C=O) groups excluding carboxylic acids is 3. The van der Waals surface area contributed by atoms with Crippen LogP contribution in [0.25, 0.3) is 0 Å². The van der Waals surface area contributed by atoms with Crippen LogP contribution in [-0.4, -0.2) is 104 Å². The van der Waals surface area contributed by atoms with Crippen molar-refractivity contribution >= 4 is 23.7 Å². The number of nitrogens with one attached hydrogen (secondary N) is 2. The third-order valence-corrected chi connectivity index (χ3v) is 6.94. The Morgan fingerprint density at radius 3 is 2.40 bits per heavy atom. The van der Waals surface area contributed by atoms with Gasteiger partial charge in [-0.25, -0.2) is 9.59 Å². The number of aliphatic hydroxyl groups is 3. The van der Waals surface area contributed by atoms with Crippen molar-refractivity contribution in [1.82, 2.24) is 10.4 Å². The molecule has 0 saturated carbocycles. The minimum atomic E-state index is -2.56. The van der Waals surface area contributed by atoms with Gasteiger partial charge in [0.15, 0.2) is 5.60 Å². The maximum absolute atomic E-state index is 13.1. The van der Waals surface area contributed by atoms with E-state index in [4.69, 9.17) is 15.2 Å². The first-order valence-electron chi connectivity index (χ1n) is 13.5. The molecule has 6 atom stereocenters. The van der Waals surface area contributed by atoms with Crippen LogP contribution in [0.5, 0.6) is 5.75 Å². The van der Waals surface area contributed by atoms with Gasteiger partial charge in [0.2, 0.25) is 5.91 Å². The van der Waals surface area contributed by atoms with E-state index in [1.807, 2.05) is 6.92 Å². The number of aliphatic hydroxyl groups excluding tert-OH is 2. The number of nitrogens with zero attached hydrogens (tertiary/aromatic N) is 1. The highest BCUT2D eigenvalue weighted by atomic mass is 16.6. The molecule has 1 aliphatic heterocycles. The first kappa shape index (κ1) is 32.7. The summed E-state index contributed by atoms with van der Waals surface area (Å²) in [6.07, 6.45) is -3.76. The second-order valence-corrected chi connectivity index (χ2v) is 10.1. The van der Waals surface area contributed by atoms with Gasteiger partial charge in [0.25, 0.3) is 0 Å². The summed E-state index contributed by atoms with van der Waals surface area (Å²) in [5.41, 5.74) is 4.50. The number of phenols is 1. The van der Waals surface area contributed by atoms with Gasteiger partial charge in [0.1, 0.15) is 30.6 Å². The number of hydroxylamine groups is 2. The number of carbonyl (C=O) groups is 3. The van der Waals surface area contributed by atoms with E-state index in [0.717, 1.165) is 0 Å². The Labute approximate surface area is 242 Å². The lowest BCUT2D eigenvalue weighted by Crippen LogP contribution is -2.75. The number of piperidine rings is 1. The minimum Gasteiger partial charge on any atom is -0.508 e. The first-order chi connectivity index (χ1) is 20.0. The van der Waals surface area contributed by atoms with Gasteiger partial charge in [-0.1, -0.05) is 43.7 Å². The molecule has 1 aliphatic rings. The predicted molar refractivity (Wildman–Crippen MR) is 148 cm³/mol. The number of ether oxygens (including phenoxy) is 2. The van der Waals surface area contributed by atoms with E-state index in [1.165, 1.54) is 12.1 Å². The fourth-order valence-corrected chi connectivity index (χ4v) is 4.43. The second kappa shape index (κ2) is 14.9. The standard InChI is InChI=1S/C28H38N4O10/c1-2-3-13-41-26(37)22(31-25(36)20(29)14-17-9-11-19(33)12-10-17)23-24(35)28(39,21(34)15-32(23)40)16-42-27(38)30-18-7-5-4-6-8-18/h4-12,20-24,33-35,39-40H,2-3,13-16,29H2,1H3,(H,30,38)(H,31,36)/t20-,21-,22?,23-,24-,28-/m0/s1. The summed E-state index contributed by atoms with van der Waals surface area (Å²) in [4.78, 5) is 38.5. The molecular formula is C28H38N4O10. The lowest BCUT2D eigenvalue weighted by molar-refractivity contribution is -0.281. The molecule has 3 rings (SSSR count). The van der Waals surface area contributed by atoms with Crippen LogP contribution in [0, 0.1) is 0 Å². The van der Waals surface area contributed by atoms with Gasteiger partial charge in [-0.3, -0.25) is 10.1 Å². The number of β-amino-alcohol motifs (C(OH)–C–C–N with tert-alkyl or cyclic N) is 1. The van der Waals surface area contributed by atoms with E-state index in [9.17, 15) is 40.0 Å². The maximum atomic E-state index is 13.1. The molecule has 0 spiro atoms. The van der Waals surface area contributed by atoms with Gasteiger partial charge < -0.3 is 46.2 Å². The van der Waals surface area contributed by atoms with E-state index >= 15 is 0 Å². The number of unbranched alkanes of at least 4 members (excludes halogenated alkanes) is 1.